The van der Waals surface area contributed by atoms with Crippen molar-refractivity contribution in [3.8, 4) is 0 Å². The summed E-state index contributed by atoms with van der Waals surface area (Å²) >= 11 is 0. The number of hydrogen-bond acceptors (Lipinski definition) is 3. The van der Waals surface area contributed by atoms with E-state index in [1.165, 1.54) is 0 Å². The van der Waals surface area contributed by atoms with Gasteiger partial charge in [0.25, 0.3) is 0 Å². The van der Waals surface area contributed by atoms with Gasteiger partial charge in [0.1, 0.15) is 0 Å². The van der Waals surface area contributed by atoms with Gasteiger partial charge < -0.3 is 15.7 Å². The third-order valence-corrected chi connectivity index (χ3v) is 3.75. The number of pyridine rings is 1. The van der Waals surface area contributed by atoms with Crippen molar-refractivity contribution < 1.29 is 5.11 Å². The summed E-state index contributed by atoms with van der Waals surface area (Å²) in [7, 11) is 0. The molecule has 0 amide bonds. The minimum Gasteiger partial charge on any atom is -0.393 e. The van der Waals surface area contributed by atoms with Crippen LogP contribution in [0.4, 0.5) is 0 Å². The van der Waals surface area contributed by atoms with E-state index in [1.807, 2.05) is 24.4 Å². The fourth-order valence-electron chi connectivity index (χ4n) is 2.56. The van der Waals surface area contributed by atoms with Gasteiger partial charge in [0, 0.05) is 37.4 Å². The van der Waals surface area contributed by atoms with Gasteiger partial charge in [-0.15, -0.1) is 24.0 Å². The molecule has 124 valence electrons. The molecule has 0 atom stereocenters. The quantitative estimate of drug-likeness (QED) is 0.389. The van der Waals surface area contributed by atoms with E-state index in [4.69, 9.17) is 0 Å². The van der Waals surface area contributed by atoms with Gasteiger partial charge in [-0.1, -0.05) is 6.07 Å². The fourth-order valence-corrected chi connectivity index (χ4v) is 2.56. The SMILES string of the molecule is CCNC(=NCCc1ccccn1)NC1CCC(O)CC1.I. The molecule has 0 saturated heterocycles. The van der Waals surface area contributed by atoms with Crippen LogP contribution in [0.5, 0.6) is 0 Å². The first kappa shape index (κ1) is 19.2. The minimum absolute atomic E-state index is 0. The average molecular weight is 418 g/mol. The van der Waals surface area contributed by atoms with Crippen LogP contribution in [-0.4, -0.2) is 41.3 Å². The molecule has 22 heavy (non-hydrogen) atoms. The Hall–Kier alpha value is -0.890. The second-order valence-corrected chi connectivity index (χ2v) is 5.48. The van der Waals surface area contributed by atoms with Gasteiger partial charge in [-0.2, -0.15) is 0 Å². The topological polar surface area (TPSA) is 69.5 Å². The molecule has 1 heterocycles. The van der Waals surface area contributed by atoms with E-state index < -0.39 is 0 Å². The van der Waals surface area contributed by atoms with Gasteiger partial charge in [0.05, 0.1) is 6.10 Å². The normalized spacial score (nSPS) is 21.8. The molecular weight excluding hydrogens is 391 g/mol. The highest BCUT2D eigenvalue weighted by Crippen LogP contribution is 2.18. The Morgan fingerprint density at radius 1 is 1.32 bits per heavy atom. The number of aromatic nitrogens is 1. The van der Waals surface area contributed by atoms with Crippen LogP contribution in [-0.2, 0) is 6.42 Å². The van der Waals surface area contributed by atoms with Crippen LogP contribution in [0.15, 0.2) is 29.4 Å². The van der Waals surface area contributed by atoms with Crippen LogP contribution in [0.2, 0.25) is 0 Å². The predicted octanol–water partition coefficient (Wildman–Crippen LogP) is 2.10. The predicted molar refractivity (Wildman–Crippen MR) is 101 cm³/mol. The Kier molecular flexibility index (Phi) is 9.38. The highest BCUT2D eigenvalue weighted by atomic mass is 127. The summed E-state index contributed by atoms with van der Waals surface area (Å²) in [6.07, 6.45) is 6.32. The van der Waals surface area contributed by atoms with Gasteiger partial charge in [0.2, 0.25) is 0 Å². The standard InChI is InChI=1S/C16H26N4O.HI/c1-2-17-16(20-14-6-8-15(21)9-7-14)19-12-10-13-5-3-4-11-18-13;/h3-5,11,14-15,21H,2,6-10,12H2,1H3,(H2,17,19,20);1H. The molecule has 0 spiro atoms. The Labute approximate surface area is 150 Å². The molecule has 3 N–H and O–H groups in total. The van der Waals surface area contributed by atoms with Crippen LogP contribution in [0.1, 0.15) is 38.3 Å². The largest absolute Gasteiger partial charge is 0.393 e. The van der Waals surface area contributed by atoms with Gasteiger partial charge in [0.15, 0.2) is 5.96 Å². The summed E-state index contributed by atoms with van der Waals surface area (Å²) in [5, 5.41) is 16.3. The molecule has 2 rings (SSSR count). The average Bonchev–Trinajstić information content (AvgIpc) is 2.51. The van der Waals surface area contributed by atoms with Crippen molar-refractivity contribution in [3.63, 3.8) is 0 Å². The first-order valence-corrected chi connectivity index (χ1v) is 7.90. The van der Waals surface area contributed by atoms with Crippen molar-refractivity contribution in [2.45, 2.75) is 51.2 Å². The van der Waals surface area contributed by atoms with Gasteiger partial charge >= 0.3 is 0 Å². The molecule has 0 radical (unpaired) electrons. The molecule has 5 nitrogen and oxygen atoms in total. The Morgan fingerprint density at radius 3 is 2.73 bits per heavy atom. The van der Waals surface area contributed by atoms with Crippen LogP contribution in [0.3, 0.4) is 0 Å². The van der Waals surface area contributed by atoms with E-state index >= 15 is 0 Å². The number of nitrogens with one attached hydrogen (secondary N) is 2. The van der Waals surface area contributed by atoms with E-state index in [9.17, 15) is 5.11 Å². The minimum atomic E-state index is -0.119. The summed E-state index contributed by atoms with van der Waals surface area (Å²) < 4.78 is 0. The third kappa shape index (κ3) is 6.91. The van der Waals surface area contributed by atoms with Crippen LogP contribution < -0.4 is 10.6 Å². The number of aliphatic imine (C=N–C) groups is 1. The zero-order valence-electron chi connectivity index (χ0n) is 13.2. The zero-order chi connectivity index (χ0) is 14.9. The molecule has 1 aromatic rings. The third-order valence-electron chi connectivity index (χ3n) is 3.75. The molecule has 1 saturated carbocycles. The maximum Gasteiger partial charge on any atom is 0.191 e. The van der Waals surface area contributed by atoms with Crippen LogP contribution >= 0.6 is 24.0 Å². The molecule has 0 unspecified atom stereocenters. The summed E-state index contributed by atoms with van der Waals surface area (Å²) in [5.74, 6) is 0.870. The van der Waals surface area contributed by atoms with Gasteiger partial charge in [-0.25, -0.2) is 0 Å². The second kappa shape index (κ2) is 10.8. The summed E-state index contributed by atoms with van der Waals surface area (Å²) in [6, 6.07) is 6.37. The number of aliphatic hydroxyl groups excluding tert-OH is 1. The lowest BCUT2D eigenvalue weighted by atomic mass is 9.93. The molecule has 0 aromatic carbocycles. The number of aliphatic hydroxyl groups is 1. The smallest absolute Gasteiger partial charge is 0.191 e. The van der Waals surface area contributed by atoms with Crippen molar-refractivity contribution in [1.82, 2.24) is 15.6 Å². The van der Waals surface area contributed by atoms with Crippen LogP contribution in [0.25, 0.3) is 0 Å². The van der Waals surface area contributed by atoms with Crippen molar-refractivity contribution in [3.05, 3.63) is 30.1 Å². The second-order valence-electron chi connectivity index (χ2n) is 5.48. The number of hydrogen-bond donors (Lipinski definition) is 3. The van der Waals surface area contributed by atoms with Crippen LogP contribution in [0, 0.1) is 0 Å². The molecule has 1 aliphatic carbocycles. The van der Waals surface area contributed by atoms with Crippen molar-refractivity contribution in [2.75, 3.05) is 13.1 Å². The monoisotopic (exact) mass is 418 g/mol. The zero-order valence-corrected chi connectivity index (χ0v) is 15.5. The molecular formula is C16H27IN4O. The highest BCUT2D eigenvalue weighted by Gasteiger charge is 2.19. The van der Waals surface area contributed by atoms with E-state index in [0.29, 0.717) is 6.04 Å². The highest BCUT2D eigenvalue weighted by molar-refractivity contribution is 14.0. The molecule has 1 aliphatic rings. The first-order valence-electron chi connectivity index (χ1n) is 7.90. The lowest BCUT2D eigenvalue weighted by molar-refractivity contribution is 0.120. The summed E-state index contributed by atoms with van der Waals surface area (Å²) in [4.78, 5) is 8.92. The Balaban J connectivity index is 0.00000242. The maximum absolute atomic E-state index is 9.55. The Bertz CT molecular complexity index is 433. The molecule has 0 bridgehead atoms. The van der Waals surface area contributed by atoms with E-state index in [2.05, 4.69) is 27.5 Å². The molecule has 6 heteroatoms. The van der Waals surface area contributed by atoms with Gasteiger partial charge in [-0.3, -0.25) is 9.98 Å². The number of nitrogens with zero attached hydrogens (tertiary/aromatic N) is 2. The van der Waals surface area contributed by atoms with E-state index in [-0.39, 0.29) is 30.1 Å². The van der Waals surface area contributed by atoms with Crippen molar-refractivity contribution in [2.24, 2.45) is 4.99 Å². The summed E-state index contributed by atoms with van der Waals surface area (Å²) in [5.41, 5.74) is 1.07. The van der Waals surface area contributed by atoms with E-state index in [1.54, 1.807) is 0 Å². The molecule has 0 aliphatic heterocycles. The van der Waals surface area contributed by atoms with Crippen molar-refractivity contribution in [1.29, 1.82) is 0 Å². The lowest BCUT2D eigenvalue weighted by Crippen LogP contribution is -2.45. The molecule has 1 fully saturated rings. The Morgan fingerprint density at radius 2 is 2.09 bits per heavy atom. The van der Waals surface area contributed by atoms with Crippen molar-refractivity contribution >= 4 is 29.9 Å². The number of guanidine groups is 1. The fraction of sp³-hybridized carbons (Fsp3) is 0.625. The lowest BCUT2D eigenvalue weighted by Gasteiger charge is -2.27. The summed E-state index contributed by atoms with van der Waals surface area (Å²) in [6.45, 7) is 3.65. The molecule has 1 aromatic heterocycles. The van der Waals surface area contributed by atoms with E-state index in [0.717, 1.165) is 56.8 Å². The number of halogens is 1. The number of rotatable bonds is 5. The van der Waals surface area contributed by atoms with Gasteiger partial charge in [-0.05, 0) is 44.7 Å². The first-order chi connectivity index (χ1) is 10.3. The maximum atomic E-state index is 9.55.